The number of fused-ring (bicyclic) bond motifs is 2. The lowest BCUT2D eigenvalue weighted by Gasteiger charge is -2.34. The zero-order valence-electron chi connectivity index (χ0n) is 17.0. The second-order valence-electron chi connectivity index (χ2n) is 7.51. The van der Waals surface area contributed by atoms with E-state index in [-0.39, 0.29) is 12.6 Å². The lowest BCUT2D eigenvalue weighted by atomic mass is 10.1. The van der Waals surface area contributed by atoms with Crippen LogP contribution in [0.15, 0.2) is 36.4 Å². The normalized spacial score (nSPS) is 18.8. The summed E-state index contributed by atoms with van der Waals surface area (Å²) >= 11 is 0. The standard InChI is InChI=1S/C21H24N2O6S/c1-13-4-6-16-18(10-13)29-20(12-23(16)30(3,25)26)21(24)22-14(2)15-5-7-17-19(11-15)28-9-8-27-17/h4-7,10-11,14,20H,8-9,12H2,1-3H3,(H,22,24)/t14-,20-/m0/s1. The second kappa shape index (κ2) is 7.71. The van der Waals surface area contributed by atoms with E-state index >= 15 is 0 Å². The van der Waals surface area contributed by atoms with Crippen LogP contribution < -0.4 is 23.8 Å². The molecule has 0 saturated carbocycles. The summed E-state index contributed by atoms with van der Waals surface area (Å²) in [6.45, 7) is 4.62. The number of rotatable bonds is 4. The van der Waals surface area contributed by atoms with Gasteiger partial charge in [-0.3, -0.25) is 9.10 Å². The van der Waals surface area contributed by atoms with Crippen molar-refractivity contribution in [1.82, 2.24) is 5.32 Å². The molecule has 30 heavy (non-hydrogen) atoms. The maximum Gasteiger partial charge on any atom is 0.263 e. The van der Waals surface area contributed by atoms with Gasteiger partial charge in [0.25, 0.3) is 5.91 Å². The molecule has 160 valence electrons. The van der Waals surface area contributed by atoms with Gasteiger partial charge >= 0.3 is 0 Å². The summed E-state index contributed by atoms with van der Waals surface area (Å²) in [6.07, 6.45) is 0.156. The number of anilines is 1. The molecule has 0 saturated heterocycles. The third-order valence-corrected chi connectivity index (χ3v) is 6.25. The van der Waals surface area contributed by atoms with Gasteiger partial charge in [-0.2, -0.15) is 0 Å². The highest BCUT2D eigenvalue weighted by Gasteiger charge is 2.35. The van der Waals surface area contributed by atoms with Crippen LogP contribution >= 0.6 is 0 Å². The van der Waals surface area contributed by atoms with E-state index in [2.05, 4.69) is 5.32 Å². The van der Waals surface area contributed by atoms with Crippen LogP contribution in [-0.2, 0) is 14.8 Å². The topological polar surface area (TPSA) is 94.2 Å². The third kappa shape index (κ3) is 4.02. The van der Waals surface area contributed by atoms with Gasteiger partial charge in [-0.1, -0.05) is 12.1 Å². The lowest BCUT2D eigenvalue weighted by molar-refractivity contribution is -0.128. The molecule has 2 aromatic rings. The van der Waals surface area contributed by atoms with Crippen LogP contribution in [0.5, 0.6) is 17.2 Å². The highest BCUT2D eigenvalue weighted by molar-refractivity contribution is 7.92. The van der Waals surface area contributed by atoms with Gasteiger partial charge in [-0.15, -0.1) is 0 Å². The Kier molecular flexibility index (Phi) is 5.23. The molecule has 9 heteroatoms. The fourth-order valence-electron chi connectivity index (χ4n) is 3.53. The minimum Gasteiger partial charge on any atom is -0.486 e. The Hall–Kier alpha value is -2.94. The molecular formula is C21H24N2O6S. The molecule has 2 heterocycles. The van der Waals surface area contributed by atoms with Gasteiger partial charge in [0.15, 0.2) is 17.6 Å². The van der Waals surface area contributed by atoms with Crippen LogP contribution in [0.4, 0.5) is 5.69 Å². The zero-order chi connectivity index (χ0) is 21.5. The Balaban J connectivity index is 1.53. The molecule has 0 aromatic heterocycles. The molecule has 4 rings (SSSR count). The van der Waals surface area contributed by atoms with Crippen LogP contribution in [0.1, 0.15) is 24.1 Å². The number of amides is 1. The Morgan fingerprint density at radius 1 is 1.10 bits per heavy atom. The number of carbonyl (C=O) groups excluding carboxylic acids is 1. The maximum atomic E-state index is 12.9. The lowest BCUT2D eigenvalue weighted by Crippen LogP contribution is -2.50. The summed E-state index contributed by atoms with van der Waals surface area (Å²) in [6, 6.07) is 10.4. The van der Waals surface area contributed by atoms with Crippen LogP contribution in [0.3, 0.4) is 0 Å². The van der Waals surface area contributed by atoms with Crippen molar-refractivity contribution in [3.8, 4) is 17.2 Å². The molecule has 0 spiro atoms. The Labute approximate surface area is 175 Å². The monoisotopic (exact) mass is 432 g/mol. The second-order valence-corrected chi connectivity index (χ2v) is 9.41. The number of hydrogen-bond acceptors (Lipinski definition) is 6. The highest BCUT2D eigenvalue weighted by atomic mass is 32.2. The molecule has 0 unspecified atom stereocenters. The minimum atomic E-state index is -3.57. The first-order valence-electron chi connectivity index (χ1n) is 9.67. The van der Waals surface area contributed by atoms with Gasteiger partial charge in [0.05, 0.1) is 24.5 Å². The molecular weight excluding hydrogens is 408 g/mol. The maximum absolute atomic E-state index is 12.9. The number of nitrogens with zero attached hydrogens (tertiary/aromatic N) is 1. The van der Waals surface area contributed by atoms with Crippen molar-refractivity contribution >= 4 is 21.6 Å². The van der Waals surface area contributed by atoms with Crippen LogP contribution in [0, 0.1) is 6.92 Å². The van der Waals surface area contributed by atoms with Gasteiger partial charge in [-0.25, -0.2) is 8.42 Å². The number of sulfonamides is 1. The summed E-state index contributed by atoms with van der Waals surface area (Å²) in [5.41, 5.74) is 2.19. The Morgan fingerprint density at radius 2 is 1.83 bits per heavy atom. The largest absolute Gasteiger partial charge is 0.486 e. The number of nitrogens with one attached hydrogen (secondary N) is 1. The Bertz CT molecular complexity index is 1080. The predicted octanol–water partition coefficient (Wildman–Crippen LogP) is 2.17. The van der Waals surface area contributed by atoms with Crippen molar-refractivity contribution in [1.29, 1.82) is 0 Å². The van der Waals surface area contributed by atoms with Crippen molar-refractivity contribution in [3.05, 3.63) is 47.5 Å². The van der Waals surface area contributed by atoms with E-state index in [1.807, 2.05) is 38.1 Å². The van der Waals surface area contributed by atoms with Gasteiger partial charge in [-0.05, 0) is 49.2 Å². The molecule has 2 atom stereocenters. The molecule has 8 nitrogen and oxygen atoms in total. The first kappa shape index (κ1) is 20.3. The average molecular weight is 432 g/mol. The molecule has 0 fully saturated rings. The predicted molar refractivity (Wildman–Crippen MR) is 112 cm³/mol. The molecule has 0 bridgehead atoms. The van der Waals surface area contributed by atoms with Gasteiger partial charge in [0.2, 0.25) is 10.0 Å². The Morgan fingerprint density at radius 3 is 2.57 bits per heavy atom. The van der Waals surface area contributed by atoms with E-state index in [0.717, 1.165) is 17.4 Å². The van der Waals surface area contributed by atoms with E-state index in [4.69, 9.17) is 14.2 Å². The minimum absolute atomic E-state index is 0.0887. The number of aryl methyl sites for hydroxylation is 1. The quantitative estimate of drug-likeness (QED) is 0.796. The van der Waals surface area contributed by atoms with Crippen LogP contribution in [0.25, 0.3) is 0 Å². The molecule has 0 radical (unpaired) electrons. The number of ether oxygens (including phenoxy) is 3. The number of hydrogen-bond donors (Lipinski definition) is 1. The van der Waals surface area contributed by atoms with E-state index < -0.39 is 22.0 Å². The zero-order valence-corrected chi connectivity index (χ0v) is 17.9. The van der Waals surface area contributed by atoms with Crippen molar-refractivity contribution in [2.45, 2.75) is 26.0 Å². The van der Waals surface area contributed by atoms with Crippen molar-refractivity contribution in [2.24, 2.45) is 0 Å². The summed E-state index contributed by atoms with van der Waals surface area (Å²) in [5.74, 6) is 1.30. The first-order valence-corrected chi connectivity index (χ1v) is 11.5. The summed E-state index contributed by atoms with van der Waals surface area (Å²) in [7, 11) is -3.57. The van der Waals surface area contributed by atoms with Crippen molar-refractivity contribution in [2.75, 3.05) is 30.3 Å². The summed E-state index contributed by atoms with van der Waals surface area (Å²) < 4.78 is 42.8. The molecule has 0 aliphatic carbocycles. The summed E-state index contributed by atoms with van der Waals surface area (Å²) in [5, 5.41) is 2.91. The first-order chi connectivity index (χ1) is 14.2. The van der Waals surface area contributed by atoms with Gasteiger partial charge < -0.3 is 19.5 Å². The fourth-order valence-corrected chi connectivity index (χ4v) is 4.45. The van der Waals surface area contributed by atoms with E-state index in [0.29, 0.717) is 36.1 Å². The van der Waals surface area contributed by atoms with Gasteiger partial charge in [0.1, 0.15) is 19.0 Å². The van der Waals surface area contributed by atoms with E-state index in [9.17, 15) is 13.2 Å². The molecule has 2 aliphatic rings. The fraction of sp³-hybridized carbons (Fsp3) is 0.381. The summed E-state index contributed by atoms with van der Waals surface area (Å²) in [4.78, 5) is 12.9. The average Bonchev–Trinajstić information content (AvgIpc) is 2.71. The molecule has 2 aliphatic heterocycles. The smallest absolute Gasteiger partial charge is 0.263 e. The third-order valence-electron chi connectivity index (χ3n) is 5.10. The van der Waals surface area contributed by atoms with E-state index in [1.54, 1.807) is 12.1 Å². The van der Waals surface area contributed by atoms with Crippen molar-refractivity contribution in [3.63, 3.8) is 0 Å². The van der Waals surface area contributed by atoms with Crippen molar-refractivity contribution < 1.29 is 27.4 Å². The molecule has 2 aromatic carbocycles. The number of carbonyl (C=O) groups is 1. The van der Waals surface area contributed by atoms with E-state index in [1.165, 1.54) is 4.31 Å². The molecule has 1 N–H and O–H groups in total. The van der Waals surface area contributed by atoms with Crippen LogP contribution in [-0.4, -0.2) is 46.4 Å². The number of benzene rings is 2. The molecule has 1 amide bonds. The van der Waals surface area contributed by atoms with Crippen LogP contribution in [0.2, 0.25) is 0 Å². The highest BCUT2D eigenvalue weighted by Crippen LogP contribution is 2.36. The SMILES string of the molecule is Cc1ccc2c(c1)O[C@H](C(=O)N[C@@H](C)c1ccc3c(c1)OCCO3)CN2S(C)(=O)=O. The van der Waals surface area contributed by atoms with Gasteiger partial charge in [0, 0.05) is 0 Å².